The van der Waals surface area contributed by atoms with E-state index in [0.717, 1.165) is 22.3 Å². The SMILES string of the molecule is CCNC(=O)[C@@H](CC)N(Cc1ccccc1Cl)C(=O)Cc1cc(C)cc(C)c1. The van der Waals surface area contributed by atoms with Gasteiger partial charge in [-0.2, -0.15) is 0 Å². The molecule has 0 fully saturated rings. The van der Waals surface area contributed by atoms with E-state index in [0.29, 0.717) is 24.5 Å². The highest BCUT2D eigenvalue weighted by Gasteiger charge is 2.28. The van der Waals surface area contributed by atoms with Crippen LogP contribution in [0.1, 0.15) is 42.5 Å². The number of halogens is 1. The lowest BCUT2D eigenvalue weighted by Gasteiger charge is -2.31. The molecule has 1 atom stereocenters. The van der Waals surface area contributed by atoms with Gasteiger partial charge in [-0.3, -0.25) is 9.59 Å². The van der Waals surface area contributed by atoms with Crippen molar-refractivity contribution in [3.8, 4) is 0 Å². The van der Waals surface area contributed by atoms with Gasteiger partial charge in [0.05, 0.1) is 6.42 Å². The van der Waals surface area contributed by atoms with Crippen molar-refractivity contribution in [2.75, 3.05) is 6.54 Å². The lowest BCUT2D eigenvalue weighted by Crippen LogP contribution is -2.49. The topological polar surface area (TPSA) is 49.4 Å². The summed E-state index contributed by atoms with van der Waals surface area (Å²) in [5.41, 5.74) is 4.03. The Hall–Kier alpha value is -2.33. The molecule has 0 radical (unpaired) electrons. The van der Waals surface area contributed by atoms with Gasteiger partial charge in [-0.05, 0) is 44.4 Å². The summed E-state index contributed by atoms with van der Waals surface area (Å²) in [5.74, 6) is -0.214. The molecule has 0 saturated carbocycles. The molecule has 0 aliphatic rings. The molecule has 0 saturated heterocycles. The average Bonchev–Trinajstić information content (AvgIpc) is 2.62. The molecule has 0 bridgehead atoms. The monoisotopic (exact) mass is 400 g/mol. The molecule has 4 nitrogen and oxygen atoms in total. The van der Waals surface area contributed by atoms with Crippen molar-refractivity contribution in [2.24, 2.45) is 0 Å². The van der Waals surface area contributed by atoms with E-state index in [4.69, 9.17) is 11.6 Å². The zero-order valence-corrected chi connectivity index (χ0v) is 17.8. The summed E-state index contributed by atoms with van der Waals surface area (Å²) in [6.07, 6.45) is 0.789. The molecule has 2 aromatic rings. The first-order chi connectivity index (χ1) is 13.3. The van der Waals surface area contributed by atoms with Crippen molar-refractivity contribution < 1.29 is 9.59 Å². The van der Waals surface area contributed by atoms with Gasteiger partial charge in [0.25, 0.3) is 0 Å². The van der Waals surface area contributed by atoms with Crippen LogP contribution in [0.5, 0.6) is 0 Å². The fourth-order valence-corrected chi connectivity index (χ4v) is 3.66. The predicted molar refractivity (Wildman–Crippen MR) is 114 cm³/mol. The van der Waals surface area contributed by atoms with Crippen LogP contribution < -0.4 is 5.32 Å². The second-order valence-electron chi connectivity index (χ2n) is 7.10. The number of amides is 2. The molecule has 150 valence electrons. The number of hydrogen-bond acceptors (Lipinski definition) is 2. The zero-order valence-electron chi connectivity index (χ0n) is 17.1. The minimum Gasteiger partial charge on any atom is -0.355 e. The van der Waals surface area contributed by atoms with E-state index in [9.17, 15) is 9.59 Å². The predicted octanol–water partition coefficient (Wildman–Crippen LogP) is 4.44. The normalized spacial score (nSPS) is 11.8. The lowest BCUT2D eigenvalue weighted by molar-refractivity contribution is -0.140. The molecule has 2 aromatic carbocycles. The van der Waals surface area contributed by atoms with E-state index in [1.54, 1.807) is 11.0 Å². The lowest BCUT2D eigenvalue weighted by atomic mass is 10.0. The highest BCUT2D eigenvalue weighted by molar-refractivity contribution is 6.31. The highest BCUT2D eigenvalue weighted by Crippen LogP contribution is 2.21. The molecule has 0 aromatic heterocycles. The van der Waals surface area contributed by atoms with Crippen LogP contribution in [0.3, 0.4) is 0 Å². The fourth-order valence-electron chi connectivity index (χ4n) is 3.47. The smallest absolute Gasteiger partial charge is 0.242 e. The van der Waals surface area contributed by atoms with Gasteiger partial charge in [-0.15, -0.1) is 0 Å². The summed E-state index contributed by atoms with van der Waals surface area (Å²) in [6, 6.07) is 13.0. The van der Waals surface area contributed by atoms with E-state index >= 15 is 0 Å². The second-order valence-corrected chi connectivity index (χ2v) is 7.51. The minimum atomic E-state index is -0.533. The molecule has 0 aliphatic carbocycles. The van der Waals surface area contributed by atoms with Gasteiger partial charge in [0.2, 0.25) is 11.8 Å². The van der Waals surface area contributed by atoms with Crippen molar-refractivity contribution in [3.63, 3.8) is 0 Å². The molecule has 0 heterocycles. The standard InChI is InChI=1S/C23H29ClN2O2/c1-5-21(23(28)25-6-2)26(15-19-9-7-8-10-20(19)24)22(27)14-18-12-16(3)11-17(4)13-18/h7-13,21H,5-6,14-15H2,1-4H3,(H,25,28)/t21-/m1/s1. The molecule has 0 aliphatic heterocycles. The van der Waals surface area contributed by atoms with Gasteiger partial charge in [0.1, 0.15) is 6.04 Å². The van der Waals surface area contributed by atoms with Crippen molar-refractivity contribution >= 4 is 23.4 Å². The molecule has 28 heavy (non-hydrogen) atoms. The van der Waals surface area contributed by atoms with Gasteiger partial charge < -0.3 is 10.2 Å². The van der Waals surface area contributed by atoms with Gasteiger partial charge in [-0.25, -0.2) is 0 Å². The van der Waals surface area contributed by atoms with Crippen LogP contribution in [-0.2, 0) is 22.6 Å². The Labute approximate surface area is 172 Å². The number of aryl methyl sites for hydroxylation is 2. The van der Waals surface area contributed by atoms with Crippen LogP contribution in [0.4, 0.5) is 0 Å². The molecule has 5 heteroatoms. The van der Waals surface area contributed by atoms with Crippen molar-refractivity contribution in [1.29, 1.82) is 0 Å². The second kappa shape index (κ2) is 10.3. The third-order valence-electron chi connectivity index (χ3n) is 4.67. The summed E-state index contributed by atoms with van der Waals surface area (Å²) >= 11 is 6.32. The van der Waals surface area contributed by atoms with Gasteiger partial charge in [0.15, 0.2) is 0 Å². The first-order valence-corrected chi connectivity index (χ1v) is 10.1. The number of nitrogens with one attached hydrogen (secondary N) is 1. The molecule has 1 N–H and O–H groups in total. The van der Waals surface area contributed by atoms with Crippen LogP contribution in [0.2, 0.25) is 5.02 Å². The van der Waals surface area contributed by atoms with Crippen LogP contribution >= 0.6 is 11.6 Å². The van der Waals surface area contributed by atoms with E-state index in [-0.39, 0.29) is 18.2 Å². The number of nitrogens with zero attached hydrogens (tertiary/aromatic N) is 1. The Bertz CT molecular complexity index is 815. The Morgan fingerprint density at radius 1 is 1.07 bits per heavy atom. The summed E-state index contributed by atoms with van der Waals surface area (Å²) in [7, 11) is 0. The third-order valence-corrected chi connectivity index (χ3v) is 5.04. The zero-order chi connectivity index (χ0) is 20.7. The van der Waals surface area contributed by atoms with Crippen LogP contribution in [0.25, 0.3) is 0 Å². The van der Waals surface area contributed by atoms with Crippen molar-refractivity contribution in [2.45, 2.75) is 53.1 Å². The maximum Gasteiger partial charge on any atom is 0.242 e. The van der Waals surface area contributed by atoms with Crippen LogP contribution in [0, 0.1) is 13.8 Å². The van der Waals surface area contributed by atoms with Gasteiger partial charge >= 0.3 is 0 Å². The Morgan fingerprint density at radius 2 is 1.71 bits per heavy atom. The van der Waals surface area contributed by atoms with E-state index < -0.39 is 6.04 Å². The van der Waals surface area contributed by atoms with Gasteiger partial charge in [-0.1, -0.05) is 66.0 Å². The quantitative estimate of drug-likeness (QED) is 0.711. The minimum absolute atomic E-state index is 0.0805. The number of carbonyl (C=O) groups excluding carboxylic acids is 2. The van der Waals surface area contributed by atoms with Crippen LogP contribution in [-0.4, -0.2) is 29.3 Å². The maximum absolute atomic E-state index is 13.3. The first kappa shape index (κ1) is 22.0. The Balaban J connectivity index is 2.33. The number of carbonyl (C=O) groups is 2. The van der Waals surface area contributed by atoms with E-state index in [1.165, 1.54) is 0 Å². The summed E-state index contributed by atoms with van der Waals surface area (Å²) in [5, 5.41) is 3.44. The van der Waals surface area contributed by atoms with Crippen LogP contribution in [0.15, 0.2) is 42.5 Å². The summed E-state index contributed by atoms with van der Waals surface area (Å²) in [4.78, 5) is 27.5. The largest absolute Gasteiger partial charge is 0.355 e. The fraction of sp³-hybridized carbons (Fsp3) is 0.391. The van der Waals surface area contributed by atoms with E-state index in [2.05, 4.69) is 11.4 Å². The summed E-state index contributed by atoms with van der Waals surface area (Å²) < 4.78 is 0. The number of hydrogen-bond donors (Lipinski definition) is 1. The van der Waals surface area contributed by atoms with Gasteiger partial charge in [0, 0.05) is 18.1 Å². The maximum atomic E-state index is 13.3. The molecule has 0 spiro atoms. The molecule has 0 unspecified atom stereocenters. The van der Waals surface area contributed by atoms with Crippen molar-refractivity contribution in [1.82, 2.24) is 10.2 Å². The van der Waals surface area contributed by atoms with Crippen molar-refractivity contribution in [3.05, 3.63) is 69.7 Å². The number of benzene rings is 2. The molecule has 2 rings (SSSR count). The third kappa shape index (κ3) is 5.83. The highest BCUT2D eigenvalue weighted by atomic mass is 35.5. The average molecular weight is 401 g/mol. The number of likely N-dealkylation sites (N-methyl/N-ethyl adjacent to an activating group) is 1. The summed E-state index contributed by atoms with van der Waals surface area (Å²) in [6.45, 7) is 8.67. The molecule has 2 amide bonds. The first-order valence-electron chi connectivity index (χ1n) is 9.73. The molecular weight excluding hydrogens is 372 g/mol. The Morgan fingerprint density at radius 3 is 2.29 bits per heavy atom. The van der Waals surface area contributed by atoms with E-state index in [1.807, 2.05) is 58.0 Å². The number of rotatable bonds is 8. The Kier molecular flexibility index (Phi) is 8.06. The molecular formula is C23H29ClN2O2.